The van der Waals surface area contributed by atoms with Crippen molar-refractivity contribution in [3.63, 3.8) is 0 Å². The summed E-state index contributed by atoms with van der Waals surface area (Å²) >= 11 is 8.82. The smallest absolute Gasteiger partial charge is 0.223 e. The number of hydrogen-bond donors (Lipinski definition) is 1. The third-order valence-corrected chi connectivity index (χ3v) is 3.68. The monoisotopic (exact) mass is 338 g/mol. The maximum absolute atomic E-state index is 5.34. The summed E-state index contributed by atoms with van der Waals surface area (Å²) in [5, 5.41) is 3.89. The van der Waals surface area contributed by atoms with Gasteiger partial charge in [0.2, 0.25) is 5.89 Å². The summed E-state index contributed by atoms with van der Waals surface area (Å²) < 4.78 is 8.73. The lowest BCUT2D eigenvalue weighted by molar-refractivity contribution is 0.386. The summed E-state index contributed by atoms with van der Waals surface area (Å²) in [4.78, 5) is 7.38. The average molecular weight is 339 g/mol. The summed E-state index contributed by atoms with van der Waals surface area (Å²) in [7, 11) is 0. The summed E-state index contributed by atoms with van der Waals surface area (Å²) in [6, 6.07) is 6.04. The van der Waals surface area contributed by atoms with Crippen LogP contribution in [-0.2, 0) is 13.0 Å². The van der Waals surface area contributed by atoms with E-state index in [1.165, 1.54) is 0 Å². The Kier molecular flexibility index (Phi) is 3.24. The highest BCUT2D eigenvalue weighted by Crippen LogP contribution is 2.20. The van der Waals surface area contributed by atoms with Crippen molar-refractivity contribution in [1.82, 2.24) is 19.7 Å². The highest BCUT2D eigenvalue weighted by molar-refractivity contribution is 9.10. The molecule has 2 heterocycles. The van der Waals surface area contributed by atoms with Crippen LogP contribution in [0.1, 0.15) is 11.7 Å². The van der Waals surface area contributed by atoms with Gasteiger partial charge in [0, 0.05) is 24.4 Å². The van der Waals surface area contributed by atoms with E-state index in [0.717, 1.165) is 15.5 Å². The summed E-state index contributed by atoms with van der Waals surface area (Å²) in [6.07, 6.45) is 0.686. The molecule has 0 unspecified atom stereocenters. The summed E-state index contributed by atoms with van der Waals surface area (Å²) in [6.45, 7) is 2.50. The number of nitrogens with zero attached hydrogens (tertiary/aromatic N) is 3. The van der Waals surface area contributed by atoms with E-state index in [1.807, 2.05) is 22.8 Å². The largest absolute Gasteiger partial charge is 0.340 e. The summed E-state index contributed by atoms with van der Waals surface area (Å²) in [5.41, 5.74) is 2.09. The number of aryl methyl sites for hydroxylation is 3. The van der Waals surface area contributed by atoms with Crippen molar-refractivity contribution in [2.24, 2.45) is 0 Å². The molecule has 98 valence electrons. The van der Waals surface area contributed by atoms with Crippen LogP contribution in [0.3, 0.4) is 0 Å². The Morgan fingerprint density at radius 1 is 1.47 bits per heavy atom. The molecule has 7 heteroatoms. The molecule has 0 aliphatic carbocycles. The van der Waals surface area contributed by atoms with Gasteiger partial charge in [-0.25, -0.2) is 0 Å². The van der Waals surface area contributed by atoms with E-state index in [0.29, 0.717) is 29.5 Å². The minimum Gasteiger partial charge on any atom is -0.340 e. The third kappa shape index (κ3) is 2.48. The van der Waals surface area contributed by atoms with E-state index in [9.17, 15) is 0 Å². The van der Waals surface area contributed by atoms with E-state index < -0.39 is 0 Å². The highest BCUT2D eigenvalue weighted by Gasteiger charge is 2.07. The van der Waals surface area contributed by atoms with E-state index in [2.05, 4.69) is 31.1 Å². The quantitative estimate of drug-likeness (QED) is 0.743. The lowest BCUT2D eigenvalue weighted by Crippen LogP contribution is -2.02. The van der Waals surface area contributed by atoms with Crippen LogP contribution >= 0.6 is 28.1 Å². The van der Waals surface area contributed by atoms with Gasteiger partial charge in [-0.2, -0.15) is 4.98 Å². The molecule has 3 aromatic rings. The van der Waals surface area contributed by atoms with Crippen molar-refractivity contribution < 1.29 is 4.52 Å². The Balaban J connectivity index is 1.94. The zero-order valence-corrected chi connectivity index (χ0v) is 12.6. The number of aromatic amines is 1. The SMILES string of the molecule is Cc1nc(CCn2c(=S)[nH]c3ccc(Br)cc32)no1. The maximum atomic E-state index is 5.34. The number of imidazole rings is 1. The van der Waals surface area contributed by atoms with Gasteiger partial charge in [0.1, 0.15) is 0 Å². The van der Waals surface area contributed by atoms with Gasteiger partial charge in [-0.05, 0) is 30.4 Å². The minimum absolute atomic E-state index is 0.584. The standard InChI is InChI=1S/C12H11BrN4OS/c1-7-14-11(16-18-7)4-5-17-10-6-8(13)2-3-9(10)15-12(17)19/h2-3,6H,4-5H2,1H3,(H,15,19). The predicted molar refractivity (Wildman–Crippen MR) is 77.6 cm³/mol. The average Bonchev–Trinajstić information content (AvgIpc) is 2.90. The Labute approximate surface area is 122 Å². The lowest BCUT2D eigenvalue weighted by Gasteiger charge is -2.02. The zero-order valence-electron chi connectivity index (χ0n) is 10.2. The van der Waals surface area contributed by atoms with Crippen LogP contribution in [0.25, 0.3) is 11.0 Å². The first-order valence-electron chi connectivity index (χ1n) is 5.81. The molecule has 19 heavy (non-hydrogen) atoms. The first-order valence-corrected chi connectivity index (χ1v) is 7.01. The lowest BCUT2D eigenvalue weighted by atomic mass is 10.3. The Hall–Kier alpha value is -1.47. The first kappa shape index (κ1) is 12.6. The molecule has 0 atom stereocenters. The molecule has 2 aromatic heterocycles. The summed E-state index contributed by atoms with van der Waals surface area (Å²) in [5.74, 6) is 1.28. The van der Waals surface area contributed by atoms with Crippen LogP contribution in [0.2, 0.25) is 0 Å². The van der Waals surface area contributed by atoms with Crippen LogP contribution < -0.4 is 0 Å². The van der Waals surface area contributed by atoms with Crippen LogP contribution in [0, 0.1) is 11.7 Å². The van der Waals surface area contributed by atoms with Gasteiger partial charge in [0.15, 0.2) is 10.6 Å². The van der Waals surface area contributed by atoms with E-state index in [1.54, 1.807) is 6.92 Å². The van der Waals surface area contributed by atoms with Crippen LogP contribution in [0.4, 0.5) is 0 Å². The Morgan fingerprint density at radius 2 is 2.32 bits per heavy atom. The van der Waals surface area contributed by atoms with Crippen LogP contribution in [0.15, 0.2) is 27.2 Å². The topological polar surface area (TPSA) is 59.6 Å². The molecule has 1 N–H and O–H groups in total. The molecule has 0 bridgehead atoms. The van der Waals surface area contributed by atoms with Gasteiger partial charge in [0.25, 0.3) is 0 Å². The number of fused-ring (bicyclic) bond motifs is 1. The maximum Gasteiger partial charge on any atom is 0.223 e. The fraction of sp³-hybridized carbons (Fsp3) is 0.250. The number of H-pyrrole nitrogens is 1. The molecule has 3 rings (SSSR count). The van der Waals surface area contributed by atoms with Crippen LogP contribution in [-0.4, -0.2) is 19.7 Å². The Bertz CT molecular complexity index is 788. The zero-order chi connectivity index (χ0) is 13.4. The van der Waals surface area contributed by atoms with Gasteiger partial charge in [-0.15, -0.1) is 0 Å². The Morgan fingerprint density at radius 3 is 3.05 bits per heavy atom. The van der Waals surface area contributed by atoms with E-state index in [4.69, 9.17) is 16.7 Å². The molecule has 0 radical (unpaired) electrons. The molecule has 0 aliphatic heterocycles. The molecule has 0 saturated heterocycles. The number of hydrogen-bond acceptors (Lipinski definition) is 4. The molecular weight excluding hydrogens is 328 g/mol. The fourth-order valence-corrected chi connectivity index (χ4v) is 2.65. The van der Waals surface area contributed by atoms with Crippen molar-refractivity contribution in [3.05, 3.63) is 39.2 Å². The molecule has 0 aliphatic rings. The van der Waals surface area contributed by atoms with Crippen LogP contribution in [0.5, 0.6) is 0 Å². The second kappa shape index (κ2) is 4.90. The van der Waals surface area contributed by atoms with Gasteiger partial charge in [0.05, 0.1) is 11.0 Å². The number of rotatable bonds is 3. The number of nitrogens with one attached hydrogen (secondary N) is 1. The third-order valence-electron chi connectivity index (χ3n) is 2.87. The molecule has 0 saturated carbocycles. The number of benzene rings is 1. The second-order valence-corrected chi connectivity index (χ2v) is 5.53. The van der Waals surface area contributed by atoms with Gasteiger partial charge < -0.3 is 14.1 Å². The van der Waals surface area contributed by atoms with Gasteiger partial charge >= 0.3 is 0 Å². The van der Waals surface area contributed by atoms with Crippen molar-refractivity contribution in [2.75, 3.05) is 0 Å². The molecule has 1 aromatic carbocycles. The second-order valence-electron chi connectivity index (χ2n) is 4.22. The van der Waals surface area contributed by atoms with Crippen molar-refractivity contribution in [1.29, 1.82) is 0 Å². The van der Waals surface area contributed by atoms with Crippen molar-refractivity contribution >= 4 is 39.2 Å². The normalized spacial score (nSPS) is 11.3. The molecule has 5 nitrogen and oxygen atoms in total. The minimum atomic E-state index is 0.584. The fourth-order valence-electron chi connectivity index (χ4n) is 2.00. The van der Waals surface area contributed by atoms with Crippen molar-refractivity contribution in [2.45, 2.75) is 19.9 Å². The molecule has 0 fully saturated rings. The van der Waals surface area contributed by atoms with Crippen molar-refractivity contribution in [3.8, 4) is 0 Å². The molecular formula is C12H11BrN4OS. The van der Waals surface area contributed by atoms with Gasteiger partial charge in [-0.1, -0.05) is 21.1 Å². The number of aromatic nitrogens is 4. The van der Waals surface area contributed by atoms with E-state index >= 15 is 0 Å². The molecule has 0 spiro atoms. The first-order chi connectivity index (χ1) is 9.13. The molecule has 0 amide bonds. The number of halogens is 1. The highest BCUT2D eigenvalue weighted by atomic mass is 79.9. The van der Waals surface area contributed by atoms with Gasteiger partial charge in [-0.3, -0.25) is 0 Å². The predicted octanol–water partition coefficient (Wildman–Crippen LogP) is 3.40. The van der Waals surface area contributed by atoms with E-state index in [-0.39, 0.29) is 0 Å².